The second kappa shape index (κ2) is 6.21. The highest BCUT2D eigenvalue weighted by atomic mass is 16.4. The molecule has 0 spiro atoms. The minimum Gasteiger partial charge on any atom is -0.480 e. The van der Waals surface area contributed by atoms with Gasteiger partial charge in [-0.15, -0.1) is 0 Å². The van der Waals surface area contributed by atoms with Crippen molar-refractivity contribution in [3.63, 3.8) is 0 Å². The predicted molar refractivity (Wildman–Crippen MR) is 73.6 cm³/mol. The van der Waals surface area contributed by atoms with Gasteiger partial charge in [0.25, 0.3) is 5.91 Å². The van der Waals surface area contributed by atoms with Crippen molar-refractivity contribution >= 4 is 11.9 Å². The molecule has 2 rings (SSSR count). The Balaban J connectivity index is 2.01. The minimum atomic E-state index is -1.00. The first-order valence-electron chi connectivity index (χ1n) is 6.50. The van der Waals surface area contributed by atoms with Crippen LogP contribution in [0.1, 0.15) is 22.8 Å². The summed E-state index contributed by atoms with van der Waals surface area (Å²) in [4.78, 5) is 24.4. The van der Waals surface area contributed by atoms with Crippen LogP contribution in [-0.4, -0.2) is 48.5 Å². The number of amides is 1. The van der Waals surface area contributed by atoms with Crippen LogP contribution in [-0.2, 0) is 24.4 Å². The molecule has 0 aliphatic carbocycles. The number of rotatable bonds is 6. The Hall–Kier alpha value is -2.64. The number of carboxylic acid groups (broad SMARTS) is 1. The summed E-state index contributed by atoms with van der Waals surface area (Å²) < 4.78 is 3.01. The fraction of sp³-hybridized carbons (Fsp3) is 0.385. The van der Waals surface area contributed by atoms with Crippen LogP contribution in [0.25, 0.3) is 0 Å². The van der Waals surface area contributed by atoms with Gasteiger partial charge in [-0.1, -0.05) is 0 Å². The molecule has 8 nitrogen and oxygen atoms in total. The van der Waals surface area contributed by atoms with Crippen LogP contribution >= 0.6 is 0 Å². The summed E-state index contributed by atoms with van der Waals surface area (Å²) in [5.41, 5.74) is 1.30. The summed E-state index contributed by atoms with van der Waals surface area (Å²) >= 11 is 0. The van der Waals surface area contributed by atoms with E-state index in [4.69, 9.17) is 5.11 Å². The lowest BCUT2D eigenvalue weighted by atomic mass is 10.3. The maximum atomic E-state index is 12.2. The van der Waals surface area contributed by atoms with Crippen molar-refractivity contribution in [1.29, 1.82) is 0 Å². The molecule has 1 N–H and O–H groups in total. The molecule has 0 fully saturated rings. The largest absolute Gasteiger partial charge is 0.480 e. The van der Waals surface area contributed by atoms with E-state index in [-0.39, 0.29) is 12.5 Å². The van der Waals surface area contributed by atoms with E-state index in [1.54, 1.807) is 22.8 Å². The molecule has 0 aliphatic heterocycles. The van der Waals surface area contributed by atoms with E-state index < -0.39 is 5.97 Å². The third-order valence-corrected chi connectivity index (χ3v) is 2.95. The molecule has 2 heterocycles. The van der Waals surface area contributed by atoms with E-state index in [1.807, 2.05) is 13.1 Å². The van der Waals surface area contributed by atoms with Gasteiger partial charge in [0.2, 0.25) is 0 Å². The van der Waals surface area contributed by atoms with Crippen molar-refractivity contribution in [2.24, 2.45) is 0 Å². The normalized spacial score (nSPS) is 10.6. The van der Waals surface area contributed by atoms with Gasteiger partial charge in [0, 0.05) is 38.1 Å². The molecule has 2 aromatic rings. The molecule has 0 aliphatic rings. The van der Waals surface area contributed by atoms with Crippen LogP contribution in [0.3, 0.4) is 0 Å². The van der Waals surface area contributed by atoms with Crippen molar-refractivity contribution in [1.82, 2.24) is 24.5 Å². The number of aliphatic carboxylic acids is 1. The van der Waals surface area contributed by atoms with Crippen LogP contribution in [0, 0.1) is 0 Å². The van der Waals surface area contributed by atoms with Gasteiger partial charge in [-0.05, 0) is 6.92 Å². The number of hydrogen-bond donors (Lipinski definition) is 1. The van der Waals surface area contributed by atoms with Crippen LogP contribution in [0.5, 0.6) is 0 Å². The fourth-order valence-corrected chi connectivity index (χ4v) is 1.93. The molecule has 0 bridgehead atoms. The first-order valence-corrected chi connectivity index (χ1v) is 6.50. The molecular formula is C13H17N5O3. The SMILES string of the molecule is CCn1cc(CN(C)C(=O)c2cnn(CC(=O)O)c2)cn1. The molecule has 2 aromatic heterocycles. The van der Waals surface area contributed by atoms with E-state index in [9.17, 15) is 9.59 Å². The summed E-state index contributed by atoms with van der Waals surface area (Å²) in [5, 5.41) is 16.7. The zero-order chi connectivity index (χ0) is 15.4. The van der Waals surface area contributed by atoms with E-state index in [0.29, 0.717) is 12.1 Å². The first-order chi connectivity index (χ1) is 9.99. The Kier molecular flexibility index (Phi) is 4.36. The number of hydrogen-bond acceptors (Lipinski definition) is 4. The smallest absolute Gasteiger partial charge is 0.325 e. The quantitative estimate of drug-likeness (QED) is 0.834. The van der Waals surface area contributed by atoms with Gasteiger partial charge in [0.05, 0.1) is 18.0 Å². The summed E-state index contributed by atoms with van der Waals surface area (Å²) in [5.74, 6) is -1.21. The van der Waals surface area contributed by atoms with Gasteiger partial charge < -0.3 is 10.0 Å². The predicted octanol–water partition coefficient (Wildman–Crippen LogP) is 0.456. The summed E-state index contributed by atoms with van der Waals surface area (Å²) in [7, 11) is 1.68. The minimum absolute atomic E-state index is 0.212. The van der Waals surface area contributed by atoms with E-state index >= 15 is 0 Å². The lowest BCUT2D eigenvalue weighted by Gasteiger charge is -2.14. The Labute approximate surface area is 121 Å². The van der Waals surface area contributed by atoms with Crippen molar-refractivity contribution < 1.29 is 14.7 Å². The number of carbonyl (C=O) groups excluding carboxylic acids is 1. The highest BCUT2D eigenvalue weighted by Gasteiger charge is 2.15. The fourth-order valence-electron chi connectivity index (χ4n) is 1.93. The number of aromatic nitrogens is 4. The number of nitrogens with zero attached hydrogens (tertiary/aromatic N) is 5. The second-order valence-electron chi connectivity index (χ2n) is 4.69. The Bertz CT molecular complexity index is 646. The Morgan fingerprint density at radius 3 is 2.57 bits per heavy atom. The number of carboxylic acids is 1. The lowest BCUT2D eigenvalue weighted by molar-refractivity contribution is -0.137. The highest BCUT2D eigenvalue weighted by Crippen LogP contribution is 2.07. The van der Waals surface area contributed by atoms with E-state index in [1.165, 1.54) is 17.1 Å². The molecule has 0 saturated heterocycles. The van der Waals surface area contributed by atoms with Crippen molar-refractivity contribution in [2.75, 3.05) is 7.05 Å². The Morgan fingerprint density at radius 2 is 1.95 bits per heavy atom. The van der Waals surface area contributed by atoms with Gasteiger partial charge in [-0.3, -0.25) is 19.0 Å². The van der Waals surface area contributed by atoms with E-state index in [0.717, 1.165) is 12.1 Å². The van der Waals surface area contributed by atoms with Gasteiger partial charge in [-0.25, -0.2) is 0 Å². The van der Waals surface area contributed by atoms with Gasteiger partial charge in [0.1, 0.15) is 6.54 Å². The summed E-state index contributed by atoms with van der Waals surface area (Å²) in [6.07, 6.45) is 6.42. The number of aryl methyl sites for hydroxylation is 1. The summed E-state index contributed by atoms with van der Waals surface area (Å²) in [6, 6.07) is 0. The van der Waals surface area contributed by atoms with Crippen molar-refractivity contribution in [3.8, 4) is 0 Å². The van der Waals surface area contributed by atoms with Crippen LogP contribution in [0.4, 0.5) is 0 Å². The molecule has 0 unspecified atom stereocenters. The molecule has 112 valence electrons. The lowest BCUT2D eigenvalue weighted by Crippen LogP contribution is -2.25. The first kappa shape index (κ1) is 14.8. The standard InChI is InChI=1S/C13H17N5O3/c1-3-17-7-10(4-14-17)6-16(2)13(21)11-5-15-18(8-11)9-12(19)20/h4-5,7-8H,3,6,9H2,1-2H3,(H,19,20). The van der Waals surface area contributed by atoms with Crippen LogP contribution in [0.15, 0.2) is 24.8 Å². The molecular weight excluding hydrogens is 274 g/mol. The Morgan fingerprint density at radius 1 is 1.24 bits per heavy atom. The average molecular weight is 291 g/mol. The van der Waals surface area contributed by atoms with Crippen molar-refractivity contribution in [2.45, 2.75) is 26.6 Å². The van der Waals surface area contributed by atoms with Gasteiger partial charge in [0.15, 0.2) is 0 Å². The number of carbonyl (C=O) groups is 2. The van der Waals surface area contributed by atoms with Crippen molar-refractivity contribution in [3.05, 3.63) is 35.9 Å². The summed E-state index contributed by atoms with van der Waals surface area (Å²) in [6.45, 7) is 2.94. The molecule has 0 atom stereocenters. The van der Waals surface area contributed by atoms with Crippen LogP contribution in [0.2, 0.25) is 0 Å². The molecule has 0 saturated carbocycles. The maximum absolute atomic E-state index is 12.2. The van der Waals surface area contributed by atoms with Crippen LogP contribution < -0.4 is 0 Å². The third-order valence-electron chi connectivity index (χ3n) is 2.95. The zero-order valence-electron chi connectivity index (χ0n) is 11.9. The van der Waals surface area contributed by atoms with E-state index in [2.05, 4.69) is 10.2 Å². The zero-order valence-corrected chi connectivity index (χ0v) is 11.9. The average Bonchev–Trinajstić information content (AvgIpc) is 3.06. The highest BCUT2D eigenvalue weighted by molar-refractivity contribution is 5.93. The maximum Gasteiger partial charge on any atom is 0.325 e. The topological polar surface area (TPSA) is 93.2 Å². The van der Waals surface area contributed by atoms with Gasteiger partial charge in [-0.2, -0.15) is 10.2 Å². The monoisotopic (exact) mass is 291 g/mol. The second-order valence-corrected chi connectivity index (χ2v) is 4.69. The molecule has 8 heteroatoms. The van der Waals surface area contributed by atoms with Gasteiger partial charge >= 0.3 is 5.97 Å². The molecule has 0 aromatic carbocycles. The third kappa shape index (κ3) is 3.68. The molecule has 0 radical (unpaired) electrons. The molecule has 1 amide bonds. The molecule has 21 heavy (non-hydrogen) atoms.